The smallest absolute Gasteiger partial charge is 0.185 e. The number of para-hydroxylation sites is 1. The first kappa shape index (κ1) is 16.3. The molecule has 3 heterocycles. The highest BCUT2D eigenvalue weighted by atomic mass is 32.1. The van der Waals surface area contributed by atoms with Crippen molar-refractivity contribution in [1.82, 2.24) is 19.9 Å². The van der Waals surface area contributed by atoms with E-state index in [-0.39, 0.29) is 0 Å². The molecule has 0 saturated carbocycles. The Morgan fingerprint density at radius 2 is 2.04 bits per heavy atom. The molecule has 0 bridgehead atoms. The van der Waals surface area contributed by atoms with Gasteiger partial charge in [-0.05, 0) is 11.6 Å². The number of hydrogen-bond acceptors (Lipinski definition) is 6. The molecule has 0 unspecified atom stereocenters. The molecule has 0 atom stereocenters. The summed E-state index contributed by atoms with van der Waals surface area (Å²) in [5, 5.41) is 4.63. The number of morpholine rings is 1. The molecule has 2 aromatic heterocycles. The SMILES string of the molecule is c1ccc(-n2ccnc2)c(CNCc2cnc(N3CCOCC3)s2)c1. The van der Waals surface area contributed by atoms with Crippen molar-refractivity contribution in [3.8, 4) is 5.69 Å². The van der Waals surface area contributed by atoms with Gasteiger partial charge in [-0.2, -0.15) is 0 Å². The van der Waals surface area contributed by atoms with E-state index >= 15 is 0 Å². The molecule has 4 rings (SSSR count). The summed E-state index contributed by atoms with van der Waals surface area (Å²) in [5.74, 6) is 0. The lowest BCUT2D eigenvalue weighted by molar-refractivity contribution is 0.122. The second-order valence-corrected chi connectivity index (χ2v) is 7.00. The van der Waals surface area contributed by atoms with Gasteiger partial charge >= 0.3 is 0 Å². The predicted molar refractivity (Wildman–Crippen MR) is 99.3 cm³/mol. The van der Waals surface area contributed by atoms with Gasteiger partial charge in [0.25, 0.3) is 0 Å². The van der Waals surface area contributed by atoms with Crippen LogP contribution in [0.4, 0.5) is 5.13 Å². The van der Waals surface area contributed by atoms with Crippen LogP contribution in [0.5, 0.6) is 0 Å². The van der Waals surface area contributed by atoms with Crippen LogP contribution in [-0.2, 0) is 17.8 Å². The van der Waals surface area contributed by atoms with Gasteiger partial charge in [-0.25, -0.2) is 9.97 Å². The number of imidazole rings is 1. The number of ether oxygens (including phenoxy) is 1. The van der Waals surface area contributed by atoms with Crippen molar-refractivity contribution in [3.05, 3.63) is 59.6 Å². The van der Waals surface area contributed by atoms with Crippen LogP contribution < -0.4 is 10.2 Å². The Labute approximate surface area is 151 Å². The largest absolute Gasteiger partial charge is 0.378 e. The number of rotatable bonds is 6. The Morgan fingerprint density at radius 3 is 2.88 bits per heavy atom. The highest BCUT2D eigenvalue weighted by molar-refractivity contribution is 7.15. The summed E-state index contributed by atoms with van der Waals surface area (Å²) in [6, 6.07) is 8.38. The van der Waals surface area contributed by atoms with Crippen LogP contribution in [0, 0.1) is 0 Å². The molecule has 0 aliphatic carbocycles. The fourth-order valence-electron chi connectivity index (χ4n) is 2.91. The molecule has 6 nitrogen and oxygen atoms in total. The second kappa shape index (κ2) is 7.77. The molecule has 0 radical (unpaired) electrons. The normalized spacial score (nSPS) is 14.8. The first-order valence-corrected chi connectivity index (χ1v) is 9.26. The third kappa shape index (κ3) is 3.89. The quantitative estimate of drug-likeness (QED) is 0.736. The number of anilines is 1. The minimum absolute atomic E-state index is 0.790. The zero-order valence-electron chi connectivity index (χ0n) is 14.0. The second-order valence-electron chi connectivity index (χ2n) is 5.91. The molecule has 1 saturated heterocycles. The van der Waals surface area contributed by atoms with Gasteiger partial charge in [-0.3, -0.25) is 0 Å². The van der Waals surface area contributed by atoms with Crippen molar-refractivity contribution < 1.29 is 4.74 Å². The van der Waals surface area contributed by atoms with Crippen LogP contribution in [-0.4, -0.2) is 40.8 Å². The van der Waals surface area contributed by atoms with E-state index in [9.17, 15) is 0 Å². The van der Waals surface area contributed by atoms with Crippen LogP contribution in [0.1, 0.15) is 10.4 Å². The maximum absolute atomic E-state index is 5.40. The van der Waals surface area contributed by atoms with Crippen molar-refractivity contribution in [2.45, 2.75) is 13.1 Å². The van der Waals surface area contributed by atoms with Crippen LogP contribution >= 0.6 is 11.3 Å². The standard InChI is InChI=1S/C18H21N5OS/c1-2-4-17(23-6-5-19-14-23)15(3-1)11-20-12-16-13-21-18(25-16)22-7-9-24-10-8-22/h1-6,13-14,20H,7-12H2. The number of nitrogens with zero attached hydrogens (tertiary/aromatic N) is 4. The first-order chi connectivity index (χ1) is 12.4. The molecule has 0 amide bonds. The highest BCUT2D eigenvalue weighted by Gasteiger charge is 2.14. The van der Waals surface area contributed by atoms with Crippen molar-refractivity contribution in [2.24, 2.45) is 0 Å². The highest BCUT2D eigenvalue weighted by Crippen LogP contribution is 2.23. The maximum Gasteiger partial charge on any atom is 0.185 e. The van der Waals surface area contributed by atoms with Crippen LogP contribution in [0.3, 0.4) is 0 Å². The van der Waals surface area contributed by atoms with Gasteiger partial charge in [-0.1, -0.05) is 18.2 Å². The van der Waals surface area contributed by atoms with E-state index in [1.54, 1.807) is 17.5 Å². The Kier molecular flexibility index (Phi) is 5.06. The average Bonchev–Trinajstić information content (AvgIpc) is 3.35. The molecule has 0 spiro atoms. The summed E-state index contributed by atoms with van der Waals surface area (Å²) in [6.07, 6.45) is 7.58. The Balaban J connectivity index is 1.36. The van der Waals surface area contributed by atoms with E-state index in [0.29, 0.717) is 0 Å². The molecule has 1 aliphatic heterocycles. The molecule has 1 aromatic carbocycles. The van der Waals surface area contributed by atoms with Crippen molar-refractivity contribution >= 4 is 16.5 Å². The third-order valence-corrected chi connectivity index (χ3v) is 5.27. The summed E-state index contributed by atoms with van der Waals surface area (Å²) < 4.78 is 7.44. The fraction of sp³-hybridized carbons (Fsp3) is 0.333. The molecule has 1 fully saturated rings. The lowest BCUT2D eigenvalue weighted by Crippen LogP contribution is -2.36. The molecule has 3 aromatic rings. The van der Waals surface area contributed by atoms with E-state index in [2.05, 4.69) is 44.5 Å². The Morgan fingerprint density at radius 1 is 1.16 bits per heavy atom. The summed E-state index contributed by atoms with van der Waals surface area (Å²) >= 11 is 1.76. The van der Waals surface area contributed by atoms with Crippen molar-refractivity contribution in [1.29, 1.82) is 0 Å². The van der Waals surface area contributed by atoms with Crippen LogP contribution in [0.2, 0.25) is 0 Å². The van der Waals surface area contributed by atoms with Crippen molar-refractivity contribution in [3.63, 3.8) is 0 Å². The maximum atomic E-state index is 5.40. The summed E-state index contributed by atoms with van der Waals surface area (Å²) in [5.41, 5.74) is 2.41. The summed E-state index contributed by atoms with van der Waals surface area (Å²) in [4.78, 5) is 12.2. The molecular formula is C18H21N5OS. The van der Waals surface area contributed by atoms with Gasteiger partial charge in [0.1, 0.15) is 0 Å². The van der Waals surface area contributed by atoms with Gasteiger partial charge in [0.2, 0.25) is 0 Å². The topological polar surface area (TPSA) is 55.2 Å². The van der Waals surface area contributed by atoms with E-state index in [4.69, 9.17) is 4.74 Å². The molecule has 130 valence electrons. The minimum Gasteiger partial charge on any atom is -0.378 e. The van der Waals surface area contributed by atoms with Crippen molar-refractivity contribution in [2.75, 3.05) is 31.2 Å². The van der Waals surface area contributed by atoms with E-state index < -0.39 is 0 Å². The van der Waals surface area contributed by atoms with E-state index in [1.165, 1.54) is 10.4 Å². The van der Waals surface area contributed by atoms with Gasteiger partial charge in [0, 0.05) is 49.6 Å². The lowest BCUT2D eigenvalue weighted by atomic mass is 10.1. The zero-order chi connectivity index (χ0) is 16.9. The van der Waals surface area contributed by atoms with Crippen LogP contribution in [0.15, 0.2) is 49.2 Å². The molecular weight excluding hydrogens is 334 g/mol. The zero-order valence-corrected chi connectivity index (χ0v) is 14.8. The minimum atomic E-state index is 0.790. The summed E-state index contributed by atoms with van der Waals surface area (Å²) in [7, 11) is 0. The number of benzene rings is 1. The van der Waals surface area contributed by atoms with E-state index in [0.717, 1.165) is 50.2 Å². The van der Waals surface area contributed by atoms with Gasteiger partial charge in [-0.15, -0.1) is 11.3 Å². The molecule has 1 aliphatic rings. The number of nitrogens with one attached hydrogen (secondary N) is 1. The number of aromatic nitrogens is 3. The third-order valence-electron chi connectivity index (χ3n) is 4.21. The number of hydrogen-bond donors (Lipinski definition) is 1. The average molecular weight is 355 g/mol. The van der Waals surface area contributed by atoms with Gasteiger partial charge in [0.05, 0.1) is 25.2 Å². The lowest BCUT2D eigenvalue weighted by Gasteiger charge is -2.25. The summed E-state index contributed by atoms with van der Waals surface area (Å²) in [6.45, 7) is 5.06. The monoisotopic (exact) mass is 355 g/mol. The number of thiazole rings is 1. The Bertz CT molecular complexity index is 795. The Hall–Kier alpha value is -2.22. The van der Waals surface area contributed by atoms with Crippen LogP contribution in [0.25, 0.3) is 5.69 Å². The predicted octanol–water partition coefficient (Wildman–Crippen LogP) is 2.46. The molecule has 7 heteroatoms. The molecule has 25 heavy (non-hydrogen) atoms. The van der Waals surface area contributed by atoms with E-state index in [1.807, 2.05) is 23.3 Å². The van der Waals surface area contributed by atoms with Gasteiger partial charge in [0.15, 0.2) is 5.13 Å². The van der Waals surface area contributed by atoms with Gasteiger partial charge < -0.3 is 19.5 Å². The first-order valence-electron chi connectivity index (χ1n) is 8.44. The fourth-order valence-corrected chi connectivity index (χ4v) is 3.85. The molecule has 1 N–H and O–H groups in total.